The first-order valence-electron chi connectivity index (χ1n) is 5.82. The molecule has 1 aromatic rings. The molecule has 0 atom stereocenters. The molecule has 18 heavy (non-hydrogen) atoms. The molecule has 5 heteroatoms. The van der Waals surface area contributed by atoms with Crippen molar-refractivity contribution in [1.29, 1.82) is 0 Å². The van der Waals surface area contributed by atoms with E-state index in [0.717, 1.165) is 18.2 Å². The van der Waals surface area contributed by atoms with Gasteiger partial charge in [0.15, 0.2) is 0 Å². The summed E-state index contributed by atoms with van der Waals surface area (Å²) >= 11 is 0. The van der Waals surface area contributed by atoms with Gasteiger partial charge in [-0.05, 0) is 18.1 Å². The Morgan fingerprint density at radius 2 is 2.06 bits per heavy atom. The standard InChI is InChI=1S/C13H17F2NO2/c1-9(2)8-16(6-5-13(17)18)12-7-10(14)3-4-11(12)15/h3-4,7,9H,5-6,8H2,1-2H3,(H,17,18). The van der Waals surface area contributed by atoms with Gasteiger partial charge >= 0.3 is 5.97 Å². The third kappa shape index (κ3) is 4.31. The van der Waals surface area contributed by atoms with Crippen molar-refractivity contribution in [1.82, 2.24) is 0 Å². The lowest BCUT2D eigenvalue weighted by Crippen LogP contribution is -2.30. The average molecular weight is 257 g/mol. The van der Waals surface area contributed by atoms with E-state index in [1.807, 2.05) is 13.8 Å². The number of carboxylic acids is 1. The number of hydrogen-bond acceptors (Lipinski definition) is 2. The van der Waals surface area contributed by atoms with Crippen LogP contribution in [0.15, 0.2) is 18.2 Å². The van der Waals surface area contributed by atoms with Crippen molar-refractivity contribution in [2.45, 2.75) is 20.3 Å². The molecule has 1 rings (SSSR count). The van der Waals surface area contributed by atoms with Crippen molar-refractivity contribution >= 4 is 11.7 Å². The predicted octanol–water partition coefficient (Wildman–Crippen LogP) is 2.90. The number of hydrogen-bond donors (Lipinski definition) is 1. The molecular formula is C13H17F2NO2. The second kappa shape index (κ2) is 6.33. The van der Waals surface area contributed by atoms with Crippen LogP contribution in [-0.4, -0.2) is 24.2 Å². The summed E-state index contributed by atoms with van der Waals surface area (Å²) in [7, 11) is 0. The Hall–Kier alpha value is -1.65. The third-order valence-corrected chi connectivity index (χ3v) is 2.43. The van der Waals surface area contributed by atoms with Crippen LogP contribution < -0.4 is 4.90 Å². The fourth-order valence-electron chi connectivity index (χ4n) is 1.71. The van der Waals surface area contributed by atoms with E-state index in [2.05, 4.69) is 0 Å². The van der Waals surface area contributed by atoms with Crippen molar-refractivity contribution in [3.63, 3.8) is 0 Å². The van der Waals surface area contributed by atoms with Crippen LogP contribution in [0.2, 0.25) is 0 Å². The molecule has 0 aliphatic heterocycles. The molecule has 0 bridgehead atoms. The molecular weight excluding hydrogens is 240 g/mol. The lowest BCUT2D eigenvalue weighted by molar-refractivity contribution is -0.136. The molecule has 0 saturated heterocycles. The van der Waals surface area contributed by atoms with E-state index in [1.165, 1.54) is 0 Å². The van der Waals surface area contributed by atoms with Gasteiger partial charge in [0.2, 0.25) is 0 Å². The molecule has 0 aliphatic carbocycles. The summed E-state index contributed by atoms with van der Waals surface area (Å²) in [6.45, 7) is 4.51. The topological polar surface area (TPSA) is 40.5 Å². The first-order valence-corrected chi connectivity index (χ1v) is 5.82. The molecule has 0 radical (unpaired) electrons. The number of anilines is 1. The van der Waals surface area contributed by atoms with Gasteiger partial charge in [-0.1, -0.05) is 13.8 Å². The smallest absolute Gasteiger partial charge is 0.305 e. The van der Waals surface area contributed by atoms with Crippen molar-refractivity contribution in [3.8, 4) is 0 Å². The van der Waals surface area contributed by atoms with Gasteiger partial charge in [0.05, 0.1) is 12.1 Å². The van der Waals surface area contributed by atoms with E-state index in [-0.39, 0.29) is 24.6 Å². The number of rotatable bonds is 6. The summed E-state index contributed by atoms with van der Waals surface area (Å²) in [4.78, 5) is 12.1. The van der Waals surface area contributed by atoms with Gasteiger partial charge in [-0.3, -0.25) is 4.79 Å². The SMILES string of the molecule is CC(C)CN(CCC(=O)O)c1cc(F)ccc1F. The number of halogens is 2. The van der Waals surface area contributed by atoms with Crippen LogP contribution in [0.5, 0.6) is 0 Å². The molecule has 0 amide bonds. The molecule has 0 unspecified atom stereocenters. The highest BCUT2D eigenvalue weighted by Crippen LogP contribution is 2.21. The molecule has 0 heterocycles. The molecule has 3 nitrogen and oxygen atoms in total. The van der Waals surface area contributed by atoms with Gasteiger partial charge in [-0.25, -0.2) is 8.78 Å². The summed E-state index contributed by atoms with van der Waals surface area (Å²) in [6, 6.07) is 3.20. The summed E-state index contributed by atoms with van der Waals surface area (Å²) in [5, 5.41) is 8.67. The lowest BCUT2D eigenvalue weighted by Gasteiger charge is -2.26. The van der Waals surface area contributed by atoms with Gasteiger partial charge < -0.3 is 10.0 Å². The van der Waals surface area contributed by atoms with Crippen LogP contribution in [0.25, 0.3) is 0 Å². The van der Waals surface area contributed by atoms with E-state index < -0.39 is 17.6 Å². The Balaban J connectivity index is 2.92. The monoisotopic (exact) mass is 257 g/mol. The minimum atomic E-state index is -0.958. The Morgan fingerprint density at radius 3 is 2.61 bits per heavy atom. The summed E-state index contributed by atoms with van der Waals surface area (Å²) in [5.41, 5.74) is 0.116. The van der Waals surface area contributed by atoms with Gasteiger partial charge in [-0.2, -0.15) is 0 Å². The largest absolute Gasteiger partial charge is 0.481 e. The molecule has 0 spiro atoms. The normalized spacial score (nSPS) is 10.7. The predicted molar refractivity (Wildman–Crippen MR) is 65.7 cm³/mol. The zero-order valence-electron chi connectivity index (χ0n) is 10.5. The Morgan fingerprint density at radius 1 is 1.39 bits per heavy atom. The van der Waals surface area contributed by atoms with Gasteiger partial charge in [0, 0.05) is 19.2 Å². The first-order chi connectivity index (χ1) is 8.40. The number of benzene rings is 1. The van der Waals surface area contributed by atoms with Crippen LogP contribution >= 0.6 is 0 Å². The molecule has 0 aromatic heterocycles. The fraction of sp³-hybridized carbons (Fsp3) is 0.462. The third-order valence-electron chi connectivity index (χ3n) is 2.43. The highest BCUT2D eigenvalue weighted by atomic mass is 19.1. The van der Waals surface area contributed by atoms with Crippen LogP contribution in [0.3, 0.4) is 0 Å². The number of aliphatic carboxylic acids is 1. The van der Waals surface area contributed by atoms with Gasteiger partial charge in [0.25, 0.3) is 0 Å². The second-order valence-corrected chi connectivity index (χ2v) is 4.58. The maximum atomic E-state index is 13.6. The fourth-order valence-corrected chi connectivity index (χ4v) is 1.71. The number of carbonyl (C=O) groups is 1. The summed E-state index contributed by atoms with van der Waals surface area (Å²) < 4.78 is 26.8. The van der Waals surface area contributed by atoms with Crippen LogP contribution in [-0.2, 0) is 4.79 Å². The van der Waals surface area contributed by atoms with Gasteiger partial charge in [0.1, 0.15) is 11.6 Å². The van der Waals surface area contributed by atoms with Crippen LogP contribution in [0.4, 0.5) is 14.5 Å². The van der Waals surface area contributed by atoms with Crippen LogP contribution in [0.1, 0.15) is 20.3 Å². The van der Waals surface area contributed by atoms with E-state index in [9.17, 15) is 13.6 Å². The zero-order valence-corrected chi connectivity index (χ0v) is 10.5. The molecule has 0 aliphatic rings. The van der Waals surface area contributed by atoms with E-state index in [0.29, 0.717) is 6.54 Å². The highest BCUT2D eigenvalue weighted by Gasteiger charge is 2.15. The second-order valence-electron chi connectivity index (χ2n) is 4.58. The summed E-state index contributed by atoms with van der Waals surface area (Å²) in [6.07, 6.45) is -0.108. The molecule has 0 saturated carbocycles. The summed E-state index contributed by atoms with van der Waals surface area (Å²) in [5.74, 6) is -1.81. The number of carboxylic acid groups (broad SMARTS) is 1. The quantitative estimate of drug-likeness (QED) is 0.851. The molecule has 0 fully saturated rings. The maximum Gasteiger partial charge on any atom is 0.305 e. The Labute approximate surface area is 105 Å². The highest BCUT2D eigenvalue weighted by molar-refractivity contribution is 5.67. The van der Waals surface area contributed by atoms with Crippen molar-refractivity contribution in [2.24, 2.45) is 5.92 Å². The van der Waals surface area contributed by atoms with Gasteiger partial charge in [-0.15, -0.1) is 0 Å². The minimum Gasteiger partial charge on any atom is -0.481 e. The van der Waals surface area contributed by atoms with Crippen molar-refractivity contribution in [2.75, 3.05) is 18.0 Å². The minimum absolute atomic E-state index is 0.108. The van der Waals surface area contributed by atoms with Crippen LogP contribution in [0, 0.1) is 17.6 Å². The maximum absolute atomic E-state index is 13.6. The van der Waals surface area contributed by atoms with E-state index >= 15 is 0 Å². The lowest BCUT2D eigenvalue weighted by atomic mass is 10.1. The van der Waals surface area contributed by atoms with E-state index in [1.54, 1.807) is 4.90 Å². The van der Waals surface area contributed by atoms with E-state index in [4.69, 9.17) is 5.11 Å². The molecule has 100 valence electrons. The number of nitrogens with zero attached hydrogens (tertiary/aromatic N) is 1. The Bertz CT molecular complexity index is 421. The Kier molecular flexibility index (Phi) is 5.07. The van der Waals surface area contributed by atoms with Crippen molar-refractivity contribution < 1.29 is 18.7 Å². The molecule has 1 N–H and O–H groups in total. The average Bonchev–Trinajstić information content (AvgIpc) is 2.27. The molecule has 1 aromatic carbocycles. The first kappa shape index (κ1) is 14.4. The zero-order chi connectivity index (χ0) is 13.7. The van der Waals surface area contributed by atoms with Crippen molar-refractivity contribution in [3.05, 3.63) is 29.8 Å².